The Kier molecular flexibility index (Phi) is 4.05. The van der Waals surface area contributed by atoms with E-state index in [-0.39, 0.29) is 13.4 Å². The van der Waals surface area contributed by atoms with Gasteiger partial charge in [0.25, 0.3) is 0 Å². The summed E-state index contributed by atoms with van der Waals surface area (Å²) in [5.74, 6) is 0.536. The summed E-state index contributed by atoms with van der Waals surface area (Å²) in [6.45, 7) is 1.85. The first-order chi connectivity index (χ1) is 12.5. The van der Waals surface area contributed by atoms with Crippen molar-refractivity contribution in [3.05, 3.63) is 68.5 Å². The van der Waals surface area contributed by atoms with Crippen LogP contribution in [-0.2, 0) is 11.3 Å². The van der Waals surface area contributed by atoms with Gasteiger partial charge >= 0.3 is 11.6 Å². The summed E-state index contributed by atoms with van der Waals surface area (Å²) in [7, 11) is 0. The summed E-state index contributed by atoms with van der Waals surface area (Å²) < 4.78 is 21.0. The fraction of sp³-hybridized carbons (Fsp3) is 0.158. The van der Waals surface area contributed by atoms with E-state index in [1.807, 2.05) is 6.92 Å². The van der Waals surface area contributed by atoms with Crippen LogP contribution in [-0.4, -0.2) is 12.8 Å². The van der Waals surface area contributed by atoms with Crippen LogP contribution in [0.4, 0.5) is 0 Å². The zero-order valence-electron chi connectivity index (χ0n) is 13.7. The van der Waals surface area contributed by atoms with Gasteiger partial charge in [0.05, 0.1) is 5.56 Å². The largest absolute Gasteiger partial charge is 0.457 e. The minimum atomic E-state index is -0.539. The summed E-state index contributed by atoms with van der Waals surface area (Å²) in [6, 6.07) is 9.46. The molecule has 3 aromatic rings. The average molecular weight is 373 g/mol. The van der Waals surface area contributed by atoms with Crippen molar-refractivity contribution in [1.82, 2.24) is 0 Å². The van der Waals surface area contributed by atoms with Crippen LogP contribution in [0.15, 0.2) is 45.6 Å². The molecule has 0 unspecified atom stereocenters. The Morgan fingerprint density at radius 2 is 1.96 bits per heavy atom. The number of carbonyl (C=O) groups is 1. The van der Waals surface area contributed by atoms with Crippen LogP contribution in [0.3, 0.4) is 0 Å². The molecule has 0 aliphatic carbocycles. The fourth-order valence-corrected chi connectivity index (χ4v) is 2.88. The molecule has 0 bridgehead atoms. The van der Waals surface area contributed by atoms with E-state index in [4.69, 9.17) is 30.2 Å². The number of halogens is 1. The van der Waals surface area contributed by atoms with Crippen LogP contribution in [0.1, 0.15) is 21.5 Å². The smallest absolute Gasteiger partial charge is 0.338 e. The van der Waals surface area contributed by atoms with Crippen molar-refractivity contribution in [1.29, 1.82) is 0 Å². The first-order valence-corrected chi connectivity index (χ1v) is 8.19. The first kappa shape index (κ1) is 16.5. The van der Waals surface area contributed by atoms with Crippen molar-refractivity contribution < 1.29 is 23.4 Å². The predicted molar refractivity (Wildman–Crippen MR) is 93.9 cm³/mol. The third-order valence-electron chi connectivity index (χ3n) is 4.08. The lowest BCUT2D eigenvalue weighted by Crippen LogP contribution is -2.08. The highest BCUT2D eigenvalue weighted by Crippen LogP contribution is 2.33. The third kappa shape index (κ3) is 2.99. The zero-order valence-corrected chi connectivity index (χ0v) is 14.5. The monoisotopic (exact) mass is 372 g/mol. The van der Waals surface area contributed by atoms with E-state index < -0.39 is 11.6 Å². The van der Waals surface area contributed by atoms with E-state index >= 15 is 0 Å². The number of benzene rings is 2. The molecule has 6 nitrogen and oxygen atoms in total. The van der Waals surface area contributed by atoms with Crippen LogP contribution >= 0.6 is 11.6 Å². The van der Waals surface area contributed by atoms with E-state index in [2.05, 4.69) is 0 Å². The summed E-state index contributed by atoms with van der Waals surface area (Å²) in [4.78, 5) is 24.1. The number of fused-ring (bicyclic) bond motifs is 2. The Labute approximate surface area is 152 Å². The second-order valence-electron chi connectivity index (χ2n) is 5.83. The standard InChI is InChI=1S/C19H13ClO6/c1-10-4-16-13(7-14(10)20)12(6-18(21)26-16)8-23-19(22)11-2-3-15-17(5-11)25-9-24-15/h2-7H,8-9H2,1H3. The van der Waals surface area contributed by atoms with Crippen LogP contribution in [0.5, 0.6) is 11.5 Å². The van der Waals surface area contributed by atoms with Crippen molar-refractivity contribution in [3.63, 3.8) is 0 Å². The van der Waals surface area contributed by atoms with Gasteiger partial charge < -0.3 is 18.6 Å². The van der Waals surface area contributed by atoms with E-state index in [9.17, 15) is 9.59 Å². The van der Waals surface area contributed by atoms with Crippen molar-refractivity contribution in [2.24, 2.45) is 0 Å². The van der Waals surface area contributed by atoms with E-state index in [1.165, 1.54) is 6.07 Å². The maximum atomic E-state index is 12.3. The van der Waals surface area contributed by atoms with E-state index in [1.54, 1.807) is 30.3 Å². The van der Waals surface area contributed by atoms with E-state index in [0.29, 0.717) is 38.6 Å². The highest BCUT2D eigenvalue weighted by molar-refractivity contribution is 6.32. The SMILES string of the molecule is Cc1cc2oc(=O)cc(COC(=O)c3ccc4c(c3)OCO4)c2cc1Cl. The number of aryl methyl sites for hydroxylation is 1. The van der Waals surface area contributed by atoms with Gasteiger partial charge in [-0.15, -0.1) is 0 Å². The number of hydrogen-bond acceptors (Lipinski definition) is 6. The van der Waals surface area contributed by atoms with Crippen LogP contribution in [0, 0.1) is 6.92 Å². The molecule has 2 aromatic carbocycles. The van der Waals surface area contributed by atoms with Crippen molar-refractivity contribution in [2.75, 3.05) is 6.79 Å². The highest BCUT2D eigenvalue weighted by Gasteiger charge is 2.17. The summed E-state index contributed by atoms with van der Waals surface area (Å²) in [5, 5.41) is 1.16. The lowest BCUT2D eigenvalue weighted by atomic mass is 10.1. The molecule has 0 amide bonds. The number of rotatable bonds is 3. The lowest BCUT2D eigenvalue weighted by Gasteiger charge is -2.09. The molecular weight excluding hydrogens is 360 g/mol. The summed E-state index contributed by atoms with van der Waals surface area (Å²) in [5.41, 5.74) is 1.52. The Hall–Kier alpha value is -2.99. The van der Waals surface area contributed by atoms with Crippen LogP contribution in [0.25, 0.3) is 11.0 Å². The van der Waals surface area contributed by atoms with Gasteiger partial charge in [-0.25, -0.2) is 9.59 Å². The minimum Gasteiger partial charge on any atom is -0.457 e. The molecule has 1 aliphatic heterocycles. The quantitative estimate of drug-likeness (QED) is 0.513. The number of hydrogen-bond donors (Lipinski definition) is 0. The summed E-state index contributed by atoms with van der Waals surface area (Å²) >= 11 is 6.16. The number of carbonyl (C=O) groups excluding carboxylic acids is 1. The second kappa shape index (κ2) is 6.38. The Morgan fingerprint density at radius 1 is 1.15 bits per heavy atom. The molecule has 0 radical (unpaired) electrons. The van der Waals surface area contributed by atoms with Gasteiger partial charge in [-0.3, -0.25) is 0 Å². The maximum absolute atomic E-state index is 12.3. The average Bonchev–Trinajstić information content (AvgIpc) is 3.08. The number of ether oxygens (including phenoxy) is 3. The number of esters is 1. The fourth-order valence-electron chi connectivity index (χ4n) is 2.72. The minimum absolute atomic E-state index is 0.0885. The molecule has 26 heavy (non-hydrogen) atoms. The van der Waals surface area contributed by atoms with Gasteiger partial charge in [0.15, 0.2) is 11.5 Å². The molecule has 0 fully saturated rings. The molecule has 0 N–H and O–H groups in total. The molecule has 0 saturated heterocycles. The van der Waals surface area contributed by atoms with Gasteiger partial charge in [-0.2, -0.15) is 0 Å². The molecule has 0 spiro atoms. The molecule has 132 valence electrons. The Morgan fingerprint density at radius 3 is 2.81 bits per heavy atom. The van der Waals surface area contributed by atoms with Gasteiger partial charge in [-0.1, -0.05) is 11.6 Å². The van der Waals surface area contributed by atoms with Gasteiger partial charge in [0.1, 0.15) is 12.2 Å². The van der Waals surface area contributed by atoms with Gasteiger partial charge in [-0.05, 0) is 42.8 Å². The zero-order chi connectivity index (χ0) is 18.3. The predicted octanol–water partition coefficient (Wildman–Crippen LogP) is 3.84. The molecule has 0 saturated carbocycles. The third-order valence-corrected chi connectivity index (χ3v) is 4.48. The molecule has 2 heterocycles. The van der Waals surface area contributed by atoms with Crippen molar-refractivity contribution >= 4 is 28.5 Å². The molecule has 7 heteroatoms. The first-order valence-electron chi connectivity index (χ1n) is 7.81. The molecule has 1 aliphatic rings. The van der Waals surface area contributed by atoms with Crippen molar-refractivity contribution in [3.8, 4) is 11.5 Å². The topological polar surface area (TPSA) is 75.0 Å². The van der Waals surface area contributed by atoms with Crippen molar-refractivity contribution in [2.45, 2.75) is 13.5 Å². The maximum Gasteiger partial charge on any atom is 0.338 e. The van der Waals surface area contributed by atoms with Gasteiger partial charge in [0.2, 0.25) is 6.79 Å². The molecule has 4 rings (SSSR count). The lowest BCUT2D eigenvalue weighted by molar-refractivity contribution is 0.0473. The molecule has 0 atom stereocenters. The Balaban J connectivity index is 1.60. The van der Waals surface area contributed by atoms with E-state index in [0.717, 1.165) is 5.56 Å². The second-order valence-corrected chi connectivity index (χ2v) is 6.24. The Bertz CT molecular complexity index is 1090. The highest BCUT2D eigenvalue weighted by atomic mass is 35.5. The molecule has 1 aromatic heterocycles. The van der Waals surface area contributed by atoms with Gasteiger partial charge in [0, 0.05) is 22.0 Å². The summed E-state index contributed by atoms with van der Waals surface area (Å²) in [6.07, 6.45) is 0. The van der Waals surface area contributed by atoms with Crippen LogP contribution < -0.4 is 15.1 Å². The van der Waals surface area contributed by atoms with Crippen LogP contribution in [0.2, 0.25) is 5.02 Å². The normalized spacial score (nSPS) is 12.4. The molecular formula is C19H13ClO6.